The van der Waals surface area contributed by atoms with Crippen molar-refractivity contribution in [1.29, 1.82) is 0 Å². The van der Waals surface area contributed by atoms with Crippen molar-refractivity contribution in [2.45, 2.75) is 6.04 Å². The molecule has 0 fully saturated rings. The molecule has 2 rings (SSSR count). The minimum Gasteiger partial charge on any atom is -0.495 e. The standard InChI is InChI=1S/C15H15Cl2NO/c1-18-15(11-5-3-4-6-12(11)16)10-7-8-14(19-2)13(17)9-10/h3-9,15,18H,1-2H3. The van der Waals surface area contributed by atoms with Gasteiger partial charge < -0.3 is 10.1 Å². The Bertz CT molecular complexity index is 572. The van der Waals surface area contributed by atoms with Crippen molar-refractivity contribution >= 4 is 23.2 Å². The van der Waals surface area contributed by atoms with E-state index in [0.29, 0.717) is 10.8 Å². The number of hydrogen-bond acceptors (Lipinski definition) is 2. The molecule has 0 saturated carbocycles. The van der Waals surface area contributed by atoms with Gasteiger partial charge in [-0.3, -0.25) is 0 Å². The van der Waals surface area contributed by atoms with Crippen LogP contribution < -0.4 is 10.1 Å². The second-order valence-electron chi connectivity index (χ2n) is 4.14. The van der Waals surface area contributed by atoms with Gasteiger partial charge in [0.05, 0.1) is 18.2 Å². The first-order valence-corrected chi connectivity index (χ1v) is 6.68. The number of halogens is 2. The summed E-state index contributed by atoms with van der Waals surface area (Å²) in [4.78, 5) is 0. The van der Waals surface area contributed by atoms with Crippen LogP contribution in [-0.4, -0.2) is 14.2 Å². The van der Waals surface area contributed by atoms with E-state index in [1.165, 1.54) is 0 Å². The summed E-state index contributed by atoms with van der Waals surface area (Å²) in [5, 5.41) is 4.58. The first-order chi connectivity index (χ1) is 9.17. The summed E-state index contributed by atoms with van der Waals surface area (Å²) < 4.78 is 5.16. The molecule has 1 unspecified atom stereocenters. The maximum Gasteiger partial charge on any atom is 0.137 e. The SMILES string of the molecule is CNC(c1ccc(OC)c(Cl)c1)c1ccccc1Cl. The Kier molecular flexibility index (Phi) is 4.70. The lowest BCUT2D eigenvalue weighted by atomic mass is 9.99. The second kappa shape index (κ2) is 6.29. The number of nitrogens with one attached hydrogen (secondary N) is 1. The van der Waals surface area contributed by atoms with Crippen LogP contribution in [0.5, 0.6) is 5.75 Å². The molecule has 0 spiro atoms. The fourth-order valence-electron chi connectivity index (χ4n) is 2.07. The van der Waals surface area contributed by atoms with E-state index in [4.69, 9.17) is 27.9 Å². The van der Waals surface area contributed by atoms with Crippen LogP contribution in [0.3, 0.4) is 0 Å². The van der Waals surface area contributed by atoms with E-state index in [1.807, 2.05) is 49.5 Å². The third kappa shape index (κ3) is 3.03. The van der Waals surface area contributed by atoms with Gasteiger partial charge in [-0.05, 0) is 36.4 Å². The number of rotatable bonds is 4. The fraction of sp³-hybridized carbons (Fsp3) is 0.200. The molecule has 1 N–H and O–H groups in total. The molecule has 0 aliphatic rings. The van der Waals surface area contributed by atoms with Crippen LogP contribution >= 0.6 is 23.2 Å². The van der Waals surface area contributed by atoms with E-state index in [-0.39, 0.29) is 6.04 Å². The highest BCUT2D eigenvalue weighted by molar-refractivity contribution is 6.32. The van der Waals surface area contributed by atoms with Gasteiger partial charge >= 0.3 is 0 Å². The topological polar surface area (TPSA) is 21.3 Å². The van der Waals surface area contributed by atoms with Crippen LogP contribution in [0.4, 0.5) is 0 Å². The smallest absolute Gasteiger partial charge is 0.137 e. The van der Waals surface area contributed by atoms with Crippen molar-refractivity contribution in [2.24, 2.45) is 0 Å². The molecule has 0 bridgehead atoms. The number of hydrogen-bond donors (Lipinski definition) is 1. The molecule has 0 aliphatic heterocycles. The molecule has 2 aromatic carbocycles. The van der Waals surface area contributed by atoms with Crippen LogP contribution in [0.15, 0.2) is 42.5 Å². The maximum absolute atomic E-state index is 6.25. The quantitative estimate of drug-likeness (QED) is 0.907. The first-order valence-electron chi connectivity index (χ1n) is 5.92. The first kappa shape index (κ1) is 14.2. The summed E-state index contributed by atoms with van der Waals surface area (Å²) in [5.74, 6) is 0.666. The zero-order valence-electron chi connectivity index (χ0n) is 10.8. The van der Waals surface area contributed by atoms with Gasteiger partial charge in [-0.1, -0.05) is 47.5 Å². The van der Waals surface area contributed by atoms with Gasteiger partial charge in [-0.15, -0.1) is 0 Å². The second-order valence-corrected chi connectivity index (χ2v) is 4.95. The fourth-order valence-corrected chi connectivity index (χ4v) is 2.58. The molecule has 0 radical (unpaired) electrons. The number of methoxy groups -OCH3 is 1. The Labute approximate surface area is 123 Å². The molecule has 19 heavy (non-hydrogen) atoms. The maximum atomic E-state index is 6.25. The van der Waals surface area contributed by atoms with Crippen molar-refractivity contribution in [3.8, 4) is 5.75 Å². The summed E-state index contributed by atoms with van der Waals surface area (Å²) >= 11 is 12.4. The van der Waals surface area contributed by atoms with Gasteiger partial charge in [0.15, 0.2) is 0 Å². The predicted octanol–water partition coefficient (Wildman–Crippen LogP) is 4.31. The molecule has 2 nitrogen and oxygen atoms in total. The van der Waals surface area contributed by atoms with E-state index in [9.17, 15) is 0 Å². The number of benzene rings is 2. The highest BCUT2D eigenvalue weighted by Crippen LogP contribution is 2.32. The van der Waals surface area contributed by atoms with Crippen LogP contribution in [0.1, 0.15) is 17.2 Å². The summed E-state index contributed by atoms with van der Waals surface area (Å²) in [5.41, 5.74) is 2.06. The van der Waals surface area contributed by atoms with Crippen molar-refractivity contribution in [2.75, 3.05) is 14.2 Å². The Morgan fingerprint density at radius 2 is 1.79 bits per heavy atom. The Morgan fingerprint density at radius 3 is 2.37 bits per heavy atom. The zero-order chi connectivity index (χ0) is 13.8. The van der Waals surface area contributed by atoms with Gasteiger partial charge in [-0.25, -0.2) is 0 Å². The van der Waals surface area contributed by atoms with Crippen molar-refractivity contribution in [3.63, 3.8) is 0 Å². The van der Waals surface area contributed by atoms with Gasteiger partial charge in [0.25, 0.3) is 0 Å². The zero-order valence-corrected chi connectivity index (χ0v) is 12.3. The Morgan fingerprint density at radius 1 is 1.05 bits per heavy atom. The van der Waals surface area contributed by atoms with E-state index < -0.39 is 0 Å². The molecule has 0 amide bonds. The van der Waals surface area contributed by atoms with Gasteiger partial charge in [0.2, 0.25) is 0 Å². The molecule has 2 aromatic rings. The molecule has 0 aromatic heterocycles. The molecule has 4 heteroatoms. The van der Waals surface area contributed by atoms with Gasteiger partial charge in [0, 0.05) is 5.02 Å². The molecule has 0 heterocycles. The minimum absolute atomic E-state index is 0.00268. The Hall–Kier alpha value is -1.22. The van der Waals surface area contributed by atoms with Crippen molar-refractivity contribution < 1.29 is 4.74 Å². The van der Waals surface area contributed by atoms with E-state index in [0.717, 1.165) is 16.1 Å². The summed E-state index contributed by atoms with van der Waals surface area (Å²) in [6.07, 6.45) is 0. The molecular weight excluding hydrogens is 281 g/mol. The molecule has 1 atom stereocenters. The van der Waals surface area contributed by atoms with Crippen molar-refractivity contribution in [3.05, 3.63) is 63.6 Å². The summed E-state index contributed by atoms with van der Waals surface area (Å²) in [6, 6.07) is 13.5. The summed E-state index contributed by atoms with van der Waals surface area (Å²) in [6.45, 7) is 0. The normalized spacial score (nSPS) is 12.2. The summed E-state index contributed by atoms with van der Waals surface area (Å²) in [7, 11) is 3.50. The molecule has 100 valence electrons. The van der Waals surface area contributed by atoms with Crippen LogP contribution in [0.25, 0.3) is 0 Å². The molecule has 0 aliphatic carbocycles. The van der Waals surface area contributed by atoms with E-state index in [2.05, 4.69) is 5.32 Å². The van der Waals surface area contributed by atoms with Crippen LogP contribution in [0.2, 0.25) is 10.0 Å². The number of ether oxygens (including phenoxy) is 1. The molecule has 0 saturated heterocycles. The third-order valence-electron chi connectivity index (χ3n) is 3.01. The molecular formula is C15H15Cl2NO. The third-order valence-corrected chi connectivity index (χ3v) is 3.65. The lowest BCUT2D eigenvalue weighted by Gasteiger charge is -2.19. The highest BCUT2D eigenvalue weighted by Gasteiger charge is 2.16. The Balaban J connectivity index is 2.43. The van der Waals surface area contributed by atoms with E-state index in [1.54, 1.807) is 7.11 Å². The minimum atomic E-state index is -0.00268. The lowest BCUT2D eigenvalue weighted by molar-refractivity contribution is 0.414. The predicted molar refractivity (Wildman–Crippen MR) is 80.4 cm³/mol. The highest BCUT2D eigenvalue weighted by atomic mass is 35.5. The van der Waals surface area contributed by atoms with Crippen LogP contribution in [-0.2, 0) is 0 Å². The van der Waals surface area contributed by atoms with E-state index >= 15 is 0 Å². The lowest BCUT2D eigenvalue weighted by Crippen LogP contribution is -2.18. The van der Waals surface area contributed by atoms with Crippen molar-refractivity contribution in [1.82, 2.24) is 5.32 Å². The average molecular weight is 296 g/mol. The average Bonchev–Trinajstić information content (AvgIpc) is 2.42. The van der Waals surface area contributed by atoms with Gasteiger partial charge in [-0.2, -0.15) is 0 Å². The van der Waals surface area contributed by atoms with Crippen LogP contribution in [0, 0.1) is 0 Å². The largest absolute Gasteiger partial charge is 0.495 e. The monoisotopic (exact) mass is 295 g/mol. The van der Waals surface area contributed by atoms with Gasteiger partial charge in [0.1, 0.15) is 5.75 Å².